The van der Waals surface area contributed by atoms with E-state index in [1.807, 2.05) is 35.3 Å². The van der Waals surface area contributed by atoms with Crippen LogP contribution < -0.4 is 0 Å². The maximum Gasteiger partial charge on any atom is 4.00 e. The van der Waals surface area contributed by atoms with E-state index in [2.05, 4.69) is 80.6 Å². The smallest absolute Gasteiger partial charge is 0.668 e. The van der Waals surface area contributed by atoms with E-state index in [-0.39, 0.29) is 26.2 Å². The number of allylic oxidation sites excluding steroid dienone is 4. The molecule has 2 aliphatic carbocycles. The molecule has 8 heteroatoms. The van der Waals surface area contributed by atoms with Crippen molar-refractivity contribution >= 4 is 67.1 Å². The van der Waals surface area contributed by atoms with E-state index in [4.69, 9.17) is 0 Å². The molecule has 4 unspecified atom stereocenters. The van der Waals surface area contributed by atoms with Crippen molar-refractivity contribution in [3.63, 3.8) is 0 Å². The van der Waals surface area contributed by atoms with Gasteiger partial charge in [-0.2, -0.15) is 62.9 Å². The number of rotatable bonds is 2. The fourth-order valence-corrected chi connectivity index (χ4v) is 9.62. The molecule has 2 saturated heterocycles. The maximum atomic E-state index is 3.86. The van der Waals surface area contributed by atoms with E-state index in [9.17, 15) is 0 Å². The van der Waals surface area contributed by atoms with Crippen LogP contribution in [0.1, 0.15) is 13.8 Å². The van der Waals surface area contributed by atoms with Gasteiger partial charge in [-0.25, -0.2) is 12.2 Å². The minimum atomic E-state index is 0. The van der Waals surface area contributed by atoms with Crippen LogP contribution in [-0.4, -0.2) is 47.0 Å². The van der Waals surface area contributed by atoms with Gasteiger partial charge in [0.2, 0.25) is 0 Å². The Morgan fingerprint density at radius 1 is 0.821 bits per heavy atom. The molecular formula is C20H26Br2N2S3Zr. The first kappa shape index (κ1) is 27.5. The van der Waals surface area contributed by atoms with Gasteiger partial charge in [0, 0.05) is 18.8 Å². The number of thioether (sulfide) groups is 3. The number of halogens is 2. The van der Waals surface area contributed by atoms with Gasteiger partial charge in [-0.1, -0.05) is 57.9 Å². The maximum absolute atomic E-state index is 3.86. The zero-order valence-electron chi connectivity index (χ0n) is 17.0. The van der Waals surface area contributed by atoms with Crippen LogP contribution in [0.2, 0.25) is 0 Å². The third kappa shape index (κ3) is 6.75. The van der Waals surface area contributed by atoms with Crippen molar-refractivity contribution in [3.8, 4) is 0 Å². The summed E-state index contributed by atoms with van der Waals surface area (Å²) in [6, 6.07) is 0. The van der Waals surface area contributed by atoms with Crippen molar-refractivity contribution in [3.05, 3.63) is 67.7 Å². The summed E-state index contributed by atoms with van der Waals surface area (Å²) in [5.74, 6) is 0. The van der Waals surface area contributed by atoms with Crippen LogP contribution in [0.15, 0.2) is 46.6 Å². The van der Waals surface area contributed by atoms with Crippen LogP contribution in [0.3, 0.4) is 0 Å². The van der Waals surface area contributed by atoms with E-state index in [0.717, 1.165) is 0 Å². The minimum Gasteiger partial charge on any atom is -0.668 e. The Balaban J connectivity index is 0.000000502. The van der Waals surface area contributed by atoms with Gasteiger partial charge in [0.25, 0.3) is 0 Å². The molecule has 4 aliphatic rings. The second kappa shape index (κ2) is 13.2. The summed E-state index contributed by atoms with van der Waals surface area (Å²) in [6.45, 7) is 4.40. The predicted molar refractivity (Wildman–Crippen MR) is 136 cm³/mol. The molecule has 0 saturated carbocycles. The Morgan fingerprint density at radius 2 is 1.14 bits per heavy atom. The van der Waals surface area contributed by atoms with E-state index in [1.54, 1.807) is 28.2 Å². The Hall–Kier alpha value is 1.51. The van der Waals surface area contributed by atoms with Gasteiger partial charge in [-0.3, -0.25) is 11.8 Å². The molecule has 0 radical (unpaired) electrons. The zero-order chi connectivity index (χ0) is 20.1. The number of fused-ring (bicyclic) bond motifs is 2. The predicted octanol–water partition coefficient (Wildman–Crippen LogP) is 7.47. The molecule has 0 spiro atoms. The molecule has 0 N–H and O–H groups in total. The molecule has 28 heavy (non-hydrogen) atoms. The number of hydrogen-bond acceptors (Lipinski definition) is 3. The molecule has 0 aromatic carbocycles. The molecule has 0 aromatic rings. The molecule has 152 valence electrons. The van der Waals surface area contributed by atoms with Crippen LogP contribution in [0.25, 0.3) is 10.6 Å². The topological polar surface area (TPSA) is 28.2 Å². The second-order valence-corrected chi connectivity index (χ2v) is 13.1. The summed E-state index contributed by atoms with van der Waals surface area (Å²) >= 11 is 13.7. The number of nitrogens with zero attached hydrogens (tertiary/aromatic N) is 2. The largest absolute Gasteiger partial charge is 4.00 e. The van der Waals surface area contributed by atoms with Crippen molar-refractivity contribution < 1.29 is 26.2 Å². The molecule has 4 rings (SSSR count). The quantitative estimate of drug-likeness (QED) is 0.232. The Morgan fingerprint density at radius 3 is 1.46 bits per heavy atom. The van der Waals surface area contributed by atoms with Gasteiger partial charge in [0.05, 0.1) is 0 Å². The third-order valence-electron chi connectivity index (χ3n) is 3.94. The summed E-state index contributed by atoms with van der Waals surface area (Å²) in [5, 5.41) is 11.1. The first-order valence-corrected chi connectivity index (χ1v) is 13.2. The normalized spacial score (nSPS) is 29.3. The Kier molecular flexibility index (Phi) is 12.9. The van der Waals surface area contributed by atoms with Gasteiger partial charge in [-0.15, -0.1) is 21.6 Å². The summed E-state index contributed by atoms with van der Waals surface area (Å²) in [7, 11) is 7.00. The summed E-state index contributed by atoms with van der Waals surface area (Å²) < 4.78 is 0.853. The van der Waals surface area contributed by atoms with Gasteiger partial charge >= 0.3 is 26.2 Å². The minimum absolute atomic E-state index is 0. The standard InChI is InChI=1S/C16H14Br2S3.2C2H6N.Zr/c1-7-3-9-11(5-7)19-15(17)13(9)21-14-10-4-8(2)6-12(10)20-16(14)18;2*1-3-2;/h3-6,11-12,15-16H,1-2H3;2*1-2H3;/q-2;2*-1;+4. The van der Waals surface area contributed by atoms with Gasteiger partial charge in [0.15, 0.2) is 0 Å². The SMILES string of the molecule is CC1=CC2SC(Br)[C-](S[C-]3C4=CC(C)=CC4SC3Br)C2=C1.C[N-]C.C[N-]C.[Zr+4]. The number of alkyl halides is 2. The van der Waals surface area contributed by atoms with E-state index in [0.29, 0.717) is 18.8 Å². The molecule has 2 fully saturated rings. The first-order valence-electron chi connectivity index (χ1n) is 8.63. The van der Waals surface area contributed by atoms with E-state index in [1.165, 1.54) is 32.8 Å². The first-order chi connectivity index (χ1) is 12.9. The van der Waals surface area contributed by atoms with Crippen molar-refractivity contribution in [1.29, 1.82) is 0 Å². The van der Waals surface area contributed by atoms with Crippen LogP contribution >= 0.6 is 67.1 Å². The van der Waals surface area contributed by atoms with E-state index < -0.39 is 0 Å². The van der Waals surface area contributed by atoms with Crippen LogP contribution in [0.5, 0.6) is 0 Å². The number of hydrogen-bond donors (Lipinski definition) is 0. The molecular weight excluding hydrogens is 615 g/mol. The van der Waals surface area contributed by atoms with Crippen LogP contribution in [0, 0.1) is 10.5 Å². The van der Waals surface area contributed by atoms with E-state index >= 15 is 0 Å². The fraction of sp³-hybridized carbons (Fsp3) is 0.500. The Labute approximate surface area is 219 Å². The molecule has 0 bridgehead atoms. The molecule has 2 aliphatic heterocycles. The summed E-state index contributed by atoms with van der Waals surface area (Å²) in [5.41, 5.74) is 5.81. The summed E-state index contributed by atoms with van der Waals surface area (Å²) in [4.78, 5) is 0. The Bertz CT molecular complexity index is 597. The monoisotopic (exact) mass is 638 g/mol. The molecule has 2 nitrogen and oxygen atoms in total. The summed E-state index contributed by atoms with van der Waals surface area (Å²) in [6.07, 6.45) is 9.48. The fourth-order valence-electron chi connectivity index (χ4n) is 3.03. The van der Waals surface area contributed by atoms with Crippen molar-refractivity contribution in [1.82, 2.24) is 0 Å². The average molecular weight is 642 g/mol. The second-order valence-electron chi connectivity index (χ2n) is 6.49. The third-order valence-corrected chi connectivity index (χ3v) is 10.8. The van der Waals surface area contributed by atoms with Gasteiger partial charge in [0.1, 0.15) is 0 Å². The van der Waals surface area contributed by atoms with Crippen LogP contribution in [-0.2, 0) is 26.2 Å². The van der Waals surface area contributed by atoms with Crippen molar-refractivity contribution in [2.45, 2.75) is 32.7 Å². The molecule has 4 atom stereocenters. The van der Waals surface area contributed by atoms with Crippen molar-refractivity contribution in [2.24, 2.45) is 0 Å². The zero-order valence-corrected chi connectivity index (χ0v) is 25.1. The molecule has 0 amide bonds. The average Bonchev–Trinajstić information content (AvgIpc) is 3.25. The molecule has 0 aromatic heterocycles. The van der Waals surface area contributed by atoms with Crippen molar-refractivity contribution in [2.75, 3.05) is 28.2 Å². The van der Waals surface area contributed by atoms with Gasteiger partial charge in [-0.05, 0) is 0 Å². The van der Waals surface area contributed by atoms with Crippen LogP contribution in [0.4, 0.5) is 0 Å². The molecule has 2 heterocycles. The van der Waals surface area contributed by atoms with Gasteiger partial charge < -0.3 is 10.6 Å².